The van der Waals surface area contributed by atoms with Crippen molar-refractivity contribution in [1.82, 2.24) is 10.3 Å². The molecule has 1 heterocycles. The van der Waals surface area contributed by atoms with Crippen LogP contribution in [-0.4, -0.2) is 35.3 Å². The number of carbonyl (C=O) groups is 1. The summed E-state index contributed by atoms with van der Waals surface area (Å²) in [5.74, 6) is -0.380. The number of aliphatic hydroxyl groups is 1. The summed E-state index contributed by atoms with van der Waals surface area (Å²) in [4.78, 5) is 15.5. The zero-order chi connectivity index (χ0) is 13.7. The molecule has 1 saturated carbocycles. The van der Waals surface area contributed by atoms with E-state index in [1.165, 1.54) is 13.3 Å². The third kappa shape index (κ3) is 3.30. The first kappa shape index (κ1) is 14.0. The van der Waals surface area contributed by atoms with Crippen LogP contribution in [-0.2, 0) is 11.3 Å². The van der Waals surface area contributed by atoms with Crippen LogP contribution < -0.4 is 5.32 Å². The number of rotatable bonds is 5. The van der Waals surface area contributed by atoms with Gasteiger partial charge in [-0.15, -0.1) is 0 Å². The lowest BCUT2D eigenvalue weighted by Crippen LogP contribution is -2.45. The molecule has 2 N–H and O–H groups in total. The van der Waals surface area contributed by atoms with E-state index in [0.29, 0.717) is 12.1 Å². The first-order valence-electron chi connectivity index (χ1n) is 6.58. The van der Waals surface area contributed by atoms with Crippen molar-refractivity contribution < 1.29 is 14.6 Å². The van der Waals surface area contributed by atoms with E-state index >= 15 is 0 Å². The largest absolute Gasteiger partial charge is 0.465 e. The third-order valence-electron chi connectivity index (χ3n) is 3.75. The van der Waals surface area contributed by atoms with E-state index < -0.39 is 0 Å². The molecule has 19 heavy (non-hydrogen) atoms. The van der Waals surface area contributed by atoms with Gasteiger partial charge in [-0.1, -0.05) is 12.8 Å². The summed E-state index contributed by atoms with van der Waals surface area (Å²) in [5.41, 5.74) is 1.15. The molecule has 0 radical (unpaired) electrons. The summed E-state index contributed by atoms with van der Waals surface area (Å²) in [6.45, 7) is 0.759. The van der Waals surface area contributed by atoms with Gasteiger partial charge < -0.3 is 15.2 Å². The Morgan fingerprint density at radius 3 is 2.74 bits per heavy atom. The Bertz CT molecular complexity index is 425. The first-order chi connectivity index (χ1) is 9.19. The second-order valence-corrected chi connectivity index (χ2v) is 5.03. The number of methoxy groups -OCH3 is 1. The fourth-order valence-corrected chi connectivity index (χ4v) is 2.49. The van der Waals surface area contributed by atoms with Crippen molar-refractivity contribution in [3.63, 3.8) is 0 Å². The molecule has 1 aliphatic rings. The van der Waals surface area contributed by atoms with Crippen LogP contribution in [0.3, 0.4) is 0 Å². The van der Waals surface area contributed by atoms with Gasteiger partial charge in [-0.25, -0.2) is 4.79 Å². The standard InChI is InChI=1S/C14H20N2O3/c1-19-13(18)11-4-5-12(15-8-11)9-16-14(10-17)6-2-3-7-14/h4-5,8,16-17H,2-3,6-7,9-10H2,1H3. The average molecular weight is 264 g/mol. The highest BCUT2D eigenvalue weighted by Crippen LogP contribution is 2.29. The number of nitrogens with zero attached hydrogens (tertiary/aromatic N) is 1. The van der Waals surface area contributed by atoms with Gasteiger partial charge in [0.15, 0.2) is 0 Å². The summed E-state index contributed by atoms with van der Waals surface area (Å²) in [6.07, 6.45) is 5.83. The minimum Gasteiger partial charge on any atom is -0.465 e. The fraction of sp³-hybridized carbons (Fsp3) is 0.571. The van der Waals surface area contributed by atoms with Gasteiger partial charge in [-0.2, -0.15) is 0 Å². The molecule has 1 aromatic heterocycles. The smallest absolute Gasteiger partial charge is 0.339 e. The highest BCUT2D eigenvalue weighted by molar-refractivity contribution is 5.88. The summed E-state index contributed by atoms with van der Waals surface area (Å²) in [7, 11) is 1.35. The van der Waals surface area contributed by atoms with Crippen LogP contribution in [0.15, 0.2) is 18.3 Å². The van der Waals surface area contributed by atoms with Crippen molar-refractivity contribution in [2.75, 3.05) is 13.7 Å². The van der Waals surface area contributed by atoms with Crippen molar-refractivity contribution >= 4 is 5.97 Å². The highest BCUT2D eigenvalue weighted by atomic mass is 16.5. The Balaban J connectivity index is 1.94. The van der Waals surface area contributed by atoms with E-state index in [1.54, 1.807) is 12.1 Å². The maximum absolute atomic E-state index is 11.3. The van der Waals surface area contributed by atoms with Crippen LogP contribution in [0.4, 0.5) is 0 Å². The van der Waals surface area contributed by atoms with Crippen molar-refractivity contribution in [3.05, 3.63) is 29.6 Å². The molecule has 0 aromatic carbocycles. The number of carbonyl (C=O) groups excluding carboxylic acids is 1. The molecular formula is C14H20N2O3. The zero-order valence-corrected chi connectivity index (χ0v) is 11.2. The van der Waals surface area contributed by atoms with E-state index in [2.05, 4.69) is 15.0 Å². The van der Waals surface area contributed by atoms with Gasteiger partial charge in [0.2, 0.25) is 0 Å². The van der Waals surface area contributed by atoms with Gasteiger partial charge in [0.05, 0.1) is 25.0 Å². The summed E-state index contributed by atoms with van der Waals surface area (Å²) < 4.78 is 4.62. The highest BCUT2D eigenvalue weighted by Gasteiger charge is 2.32. The fourth-order valence-electron chi connectivity index (χ4n) is 2.49. The lowest BCUT2D eigenvalue weighted by molar-refractivity contribution is 0.0600. The molecule has 0 atom stereocenters. The molecule has 0 amide bonds. The van der Waals surface area contributed by atoms with Gasteiger partial charge in [0, 0.05) is 18.3 Å². The van der Waals surface area contributed by atoms with Crippen molar-refractivity contribution in [1.29, 1.82) is 0 Å². The Morgan fingerprint density at radius 1 is 1.47 bits per heavy atom. The summed E-state index contributed by atoms with van der Waals surface area (Å²) >= 11 is 0. The number of nitrogens with one attached hydrogen (secondary N) is 1. The topological polar surface area (TPSA) is 71.5 Å². The van der Waals surface area contributed by atoms with Crippen LogP contribution in [0.1, 0.15) is 41.7 Å². The molecule has 5 nitrogen and oxygen atoms in total. The van der Waals surface area contributed by atoms with E-state index in [1.807, 2.05) is 0 Å². The van der Waals surface area contributed by atoms with Crippen molar-refractivity contribution in [3.8, 4) is 0 Å². The molecular weight excluding hydrogens is 244 g/mol. The lowest BCUT2D eigenvalue weighted by Gasteiger charge is -2.27. The number of hydrogen-bond donors (Lipinski definition) is 2. The van der Waals surface area contributed by atoms with Gasteiger partial charge in [0.1, 0.15) is 0 Å². The number of hydrogen-bond acceptors (Lipinski definition) is 5. The Hall–Kier alpha value is -1.46. The maximum atomic E-state index is 11.3. The zero-order valence-electron chi connectivity index (χ0n) is 11.2. The minimum atomic E-state index is -0.380. The van der Waals surface area contributed by atoms with Gasteiger partial charge in [-0.05, 0) is 25.0 Å². The molecule has 0 unspecified atom stereocenters. The van der Waals surface area contributed by atoms with Crippen molar-refractivity contribution in [2.24, 2.45) is 0 Å². The predicted octanol–water partition coefficient (Wildman–Crippen LogP) is 1.26. The first-order valence-corrected chi connectivity index (χ1v) is 6.58. The van der Waals surface area contributed by atoms with Crippen LogP contribution in [0.5, 0.6) is 0 Å². The van der Waals surface area contributed by atoms with Gasteiger partial charge in [-0.3, -0.25) is 4.98 Å². The normalized spacial score (nSPS) is 17.4. The number of ether oxygens (including phenoxy) is 1. The SMILES string of the molecule is COC(=O)c1ccc(CNC2(CO)CCCC2)nc1. The van der Waals surface area contributed by atoms with Crippen molar-refractivity contribution in [2.45, 2.75) is 37.8 Å². The molecule has 0 spiro atoms. The number of aliphatic hydroxyl groups excluding tert-OH is 1. The maximum Gasteiger partial charge on any atom is 0.339 e. The van der Waals surface area contributed by atoms with E-state index in [9.17, 15) is 9.90 Å². The summed E-state index contributed by atoms with van der Waals surface area (Å²) in [6, 6.07) is 3.51. The second kappa shape index (κ2) is 6.12. The molecule has 0 bridgehead atoms. The Morgan fingerprint density at radius 2 is 2.21 bits per heavy atom. The van der Waals surface area contributed by atoms with Crippen LogP contribution >= 0.6 is 0 Å². The molecule has 104 valence electrons. The lowest BCUT2D eigenvalue weighted by atomic mass is 9.99. The van der Waals surface area contributed by atoms with E-state index in [4.69, 9.17) is 0 Å². The number of aromatic nitrogens is 1. The predicted molar refractivity (Wildman–Crippen MR) is 70.7 cm³/mol. The van der Waals surface area contributed by atoms with Crippen LogP contribution in [0, 0.1) is 0 Å². The molecule has 1 fully saturated rings. The molecule has 0 aliphatic heterocycles. The monoisotopic (exact) mass is 264 g/mol. The molecule has 1 aliphatic carbocycles. The van der Waals surface area contributed by atoms with E-state index in [-0.39, 0.29) is 18.1 Å². The molecule has 1 aromatic rings. The second-order valence-electron chi connectivity index (χ2n) is 5.03. The van der Waals surface area contributed by atoms with Gasteiger partial charge in [0.25, 0.3) is 0 Å². The van der Waals surface area contributed by atoms with Crippen LogP contribution in [0.25, 0.3) is 0 Å². The Kier molecular flexibility index (Phi) is 4.50. The summed E-state index contributed by atoms with van der Waals surface area (Å²) in [5, 5.41) is 12.9. The van der Waals surface area contributed by atoms with E-state index in [0.717, 1.165) is 31.4 Å². The average Bonchev–Trinajstić information content (AvgIpc) is 2.94. The number of esters is 1. The molecule has 0 saturated heterocycles. The molecule has 2 rings (SSSR count). The minimum absolute atomic E-state index is 0.150. The molecule has 5 heteroatoms. The van der Waals surface area contributed by atoms with Gasteiger partial charge >= 0.3 is 5.97 Å². The third-order valence-corrected chi connectivity index (χ3v) is 3.75. The Labute approximate surface area is 113 Å². The quantitative estimate of drug-likeness (QED) is 0.783. The van der Waals surface area contributed by atoms with Crippen LogP contribution in [0.2, 0.25) is 0 Å². The number of pyridine rings is 1.